The van der Waals surface area contributed by atoms with Crippen LogP contribution in [0.2, 0.25) is 0 Å². The Labute approximate surface area is 130 Å². The smallest absolute Gasteiger partial charge is 0.338 e. The van der Waals surface area contributed by atoms with Crippen molar-refractivity contribution in [3.05, 3.63) is 71.3 Å². The Morgan fingerprint density at radius 2 is 1.59 bits per heavy atom. The van der Waals surface area contributed by atoms with Gasteiger partial charge in [0.1, 0.15) is 6.10 Å². The molecule has 0 aliphatic carbocycles. The van der Waals surface area contributed by atoms with Gasteiger partial charge < -0.3 is 14.9 Å². The molecule has 2 N–H and O–H groups in total. The number of hydrogen-bond acceptors (Lipinski definition) is 4. The lowest BCUT2D eigenvalue weighted by atomic mass is 9.99. The van der Waals surface area contributed by atoms with Crippen LogP contribution in [0.5, 0.6) is 0 Å². The molecule has 2 rings (SSSR count). The molecule has 0 fully saturated rings. The van der Waals surface area contributed by atoms with Crippen molar-refractivity contribution in [3.8, 4) is 0 Å². The number of esters is 1. The lowest BCUT2D eigenvalue weighted by Crippen LogP contribution is -2.29. The van der Waals surface area contributed by atoms with E-state index in [0.717, 1.165) is 12.0 Å². The molecule has 0 aromatic heterocycles. The summed E-state index contributed by atoms with van der Waals surface area (Å²) in [6.45, 7) is 1.81. The molecule has 0 aliphatic rings. The Morgan fingerprint density at radius 3 is 2.18 bits per heavy atom. The summed E-state index contributed by atoms with van der Waals surface area (Å²) in [6.07, 6.45) is -2.07. The highest BCUT2D eigenvalue weighted by atomic mass is 16.5. The lowest BCUT2D eigenvalue weighted by Gasteiger charge is -2.17. The summed E-state index contributed by atoms with van der Waals surface area (Å²) < 4.78 is 4.70. The normalized spacial score (nSPS) is 13.4. The highest BCUT2D eigenvalue weighted by molar-refractivity contribution is 5.75. The first-order valence-electron chi connectivity index (χ1n) is 7.27. The molecule has 2 aromatic carbocycles. The van der Waals surface area contributed by atoms with Gasteiger partial charge in [0.05, 0.1) is 6.61 Å². The molecule has 22 heavy (non-hydrogen) atoms. The predicted octanol–water partition coefficient (Wildman–Crippen LogP) is 2.23. The van der Waals surface area contributed by atoms with Gasteiger partial charge in [0.25, 0.3) is 0 Å². The van der Waals surface area contributed by atoms with E-state index in [2.05, 4.69) is 0 Å². The predicted molar refractivity (Wildman–Crippen MR) is 83.3 cm³/mol. The zero-order valence-electron chi connectivity index (χ0n) is 12.5. The molecule has 4 nitrogen and oxygen atoms in total. The quantitative estimate of drug-likeness (QED) is 0.803. The summed E-state index contributed by atoms with van der Waals surface area (Å²) in [4.78, 5) is 11.4. The largest absolute Gasteiger partial charge is 0.464 e. The molecule has 0 saturated heterocycles. The van der Waals surface area contributed by atoms with Gasteiger partial charge in [-0.3, -0.25) is 0 Å². The zero-order valence-corrected chi connectivity index (χ0v) is 12.5. The maximum atomic E-state index is 11.4. The number of carbonyl (C=O) groups excluding carboxylic acids is 1. The van der Waals surface area contributed by atoms with Gasteiger partial charge in [0, 0.05) is 0 Å². The van der Waals surface area contributed by atoms with Gasteiger partial charge in [-0.1, -0.05) is 54.6 Å². The first-order chi connectivity index (χ1) is 10.6. The molecule has 0 radical (unpaired) electrons. The third-order valence-corrected chi connectivity index (χ3v) is 3.40. The fourth-order valence-electron chi connectivity index (χ4n) is 2.20. The molecule has 2 aromatic rings. The van der Waals surface area contributed by atoms with Crippen molar-refractivity contribution < 1.29 is 19.7 Å². The van der Waals surface area contributed by atoms with Crippen LogP contribution in [0.1, 0.15) is 29.7 Å². The van der Waals surface area contributed by atoms with E-state index in [4.69, 9.17) is 4.74 Å². The molecular weight excluding hydrogens is 280 g/mol. The topological polar surface area (TPSA) is 66.8 Å². The molecular formula is C18H20O4. The summed E-state index contributed by atoms with van der Waals surface area (Å²) in [5.74, 6) is -0.816. The second-order valence-electron chi connectivity index (χ2n) is 5.05. The first-order valence-corrected chi connectivity index (χ1v) is 7.27. The van der Waals surface area contributed by atoms with Crippen LogP contribution >= 0.6 is 0 Å². The van der Waals surface area contributed by atoms with Gasteiger partial charge in [-0.25, -0.2) is 4.79 Å². The average molecular weight is 300 g/mol. The van der Waals surface area contributed by atoms with Crippen LogP contribution < -0.4 is 0 Å². The van der Waals surface area contributed by atoms with Gasteiger partial charge in [0.15, 0.2) is 6.10 Å². The van der Waals surface area contributed by atoms with Crippen LogP contribution in [-0.2, 0) is 16.0 Å². The maximum Gasteiger partial charge on any atom is 0.338 e. The summed E-state index contributed by atoms with van der Waals surface area (Å²) in [5.41, 5.74) is 2.77. The molecule has 0 aliphatic heterocycles. The Balaban J connectivity index is 2.03. The molecule has 2 unspecified atom stereocenters. The summed E-state index contributed by atoms with van der Waals surface area (Å²) in [6, 6.07) is 17.2. The fourth-order valence-corrected chi connectivity index (χ4v) is 2.20. The second-order valence-corrected chi connectivity index (χ2v) is 5.05. The number of hydrogen-bond donors (Lipinski definition) is 2. The Morgan fingerprint density at radius 1 is 1.00 bits per heavy atom. The molecule has 0 bridgehead atoms. The Kier molecular flexibility index (Phi) is 5.69. The van der Waals surface area contributed by atoms with E-state index >= 15 is 0 Å². The van der Waals surface area contributed by atoms with Crippen LogP contribution in [0.3, 0.4) is 0 Å². The van der Waals surface area contributed by atoms with Crippen LogP contribution in [0.4, 0.5) is 0 Å². The minimum Gasteiger partial charge on any atom is -0.464 e. The van der Waals surface area contributed by atoms with Crippen molar-refractivity contribution >= 4 is 5.97 Å². The minimum absolute atomic E-state index is 0.165. The van der Waals surface area contributed by atoms with Crippen molar-refractivity contribution in [2.75, 3.05) is 6.61 Å². The molecule has 116 valence electrons. The zero-order chi connectivity index (χ0) is 15.9. The standard InChI is InChI=1S/C18H20O4/c1-2-22-18(21)17(20)16(19)15-10-8-14(9-11-15)12-13-6-4-3-5-7-13/h3-11,16-17,19-20H,2,12H2,1H3. The highest BCUT2D eigenvalue weighted by Gasteiger charge is 2.26. The summed E-state index contributed by atoms with van der Waals surface area (Å²) >= 11 is 0. The van der Waals surface area contributed by atoms with Gasteiger partial charge in [-0.15, -0.1) is 0 Å². The van der Waals surface area contributed by atoms with E-state index in [1.807, 2.05) is 42.5 Å². The Bertz CT molecular complexity index is 592. The average Bonchev–Trinajstić information content (AvgIpc) is 2.55. The van der Waals surface area contributed by atoms with E-state index in [1.54, 1.807) is 19.1 Å². The number of aliphatic hydroxyl groups is 2. The van der Waals surface area contributed by atoms with E-state index in [0.29, 0.717) is 5.56 Å². The van der Waals surface area contributed by atoms with Gasteiger partial charge in [0.2, 0.25) is 0 Å². The molecule has 4 heteroatoms. The highest BCUT2D eigenvalue weighted by Crippen LogP contribution is 2.19. The van der Waals surface area contributed by atoms with Gasteiger partial charge >= 0.3 is 5.97 Å². The van der Waals surface area contributed by atoms with Crippen molar-refractivity contribution in [2.24, 2.45) is 0 Å². The van der Waals surface area contributed by atoms with Crippen molar-refractivity contribution in [1.29, 1.82) is 0 Å². The van der Waals surface area contributed by atoms with Crippen LogP contribution in [0.25, 0.3) is 0 Å². The van der Waals surface area contributed by atoms with Crippen molar-refractivity contribution in [3.63, 3.8) is 0 Å². The third kappa shape index (κ3) is 4.16. The van der Waals surface area contributed by atoms with Gasteiger partial charge in [-0.2, -0.15) is 0 Å². The molecule has 0 amide bonds. The SMILES string of the molecule is CCOC(=O)C(O)C(O)c1ccc(Cc2ccccc2)cc1. The molecule has 0 spiro atoms. The van der Waals surface area contributed by atoms with Crippen LogP contribution in [0.15, 0.2) is 54.6 Å². The molecule has 0 heterocycles. The number of aliphatic hydroxyl groups excluding tert-OH is 2. The van der Waals surface area contributed by atoms with Crippen molar-refractivity contribution in [2.45, 2.75) is 25.6 Å². The van der Waals surface area contributed by atoms with E-state index < -0.39 is 18.2 Å². The fraction of sp³-hybridized carbons (Fsp3) is 0.278. The number of rotatable bonds is 6. The monoisotopic (exact) mass is 300 g/mol. The Hall–Kier alpha value is -2.17. The number of ether oxygens (including phenoxy) is 1. The number of benzene rings is 2. The minimum atomic E-state index is -1.57. The first kappa shape index (κ1) is 16.2. The van der Waals surface area contributed by atoms with E-state index in [1.165, 1.54) is 5.56 Å². The van der Waals surface area contributed by atoms with Gasteiger partial charge in [-0.05, 0) is 30.0 Å². The van der Waals surface area contributed by atoms with Crippen molar-refractivity contribution in [1.82, 2.24) is 0 Å². The maximum absolute atomic E-state index is 11.4. The van der Waals surface area contributed by atoms with Crippen LogP contribution in [-0.4, -0.2) is 28.9 Å². The van der Waals surface area contributed by atoms with E-state index in [9.17, 15) is 15.0 Å². The summed E-state index contributed by atoms with van der Waals surface area (Å²) in [7, 11) is 0. The van der Waals surface area contributed by atoms with Crippen LogP contribution in [0, 0.1) is 0 Å². The molecule has 0 saturated carbocycles. The van der Waals surface area contributed by atoms with E-state index in [-0.39, 0.29) is 6.61 Å². The third-order valence-electron chi connectivity index (χ3n) is 3.40. The second kappa shape index (κ2) is 7.73. The lowest BCUT2D eigenvalue weighted by molar-refractivity contribution is -0.159. The summed E-state index contributed by atoms with van der Waals surface area (Å²) in [5, 5.41) is 19.8. The molecule has 2 atom stereocenters. The number of carbonyl (C=O) groups is 1.